The fraction of sp³-hybridized carbons (Fsp3) is 0.360. The molecule has 0 bridgehead atoms. The lowest BCUT2D eigenvalue weighted by Crippen LogP contribution is -2.35. The summed E-state index contributed by atoms with van der Waals surface area (Å²) in [5.41, 5.74) is 2.33. The van der Waals surface area contributed by atoms with Crippen LogP contribution in [0.4, 0.5) is 5.69 Å². The molecule has 1 N–H and O–H groups in total. The molecule has 1 fully saturated rings. The number of nitrogens with zero attached hydrogens (tertiary/aromatic N) is 2. The van der Waals surface area contributed by atoms with Crippen molar-refractivity contribution >= 4 is 44.3 Å². The van der Waals surface area contributed by atoms with Crippen LogP contribution in [0.15, 0.2) is 58.5 Å². The summed E-state index contributed by atoms with van der Waals surface area (Å²) in [7, 11) is -1.91. The minimum atomic E-state index is -3.51. The molecule has 180 valence electrons. The normalized spacial score (nSPS) is 15.7. The Kier molecular flexibility index (Phi) is 7.45. The minimum Gasteiger partial charge on any atom is -0.497 e. The molecule has 0 saturated carbocycles. The standard InChI is InChI=1S/C25H29N3O4S2/c1-17-15-24(33-18(2)25(29)26-19-7-9-20(32-3)10-8-19)27-23-12-11-21(16-22(17)23)34(30,31)28-13-5-4-6-14-28/h7-12,15-16,18H,4-6,13-14H2,1-3H3,(H,26,29)/t18-/m1/s1. The van der Waals surface area contributed by atoms with Gasteiger partial charge in [0.15, 0.2) is 0 Å². The molecular formula is C25H29N3O4S2. The number of sulfonamides is 1. The fourth-order valence-electron chi connectivity index (χ4n) is 3.97. The highest BCUT2D eigenvalue weighted by atomic mass is 32.2. The number of rotatable bonds is 7. The number of amides is 1. The first kappa shape index (κ1) is 24.5. The largest absolute Gasteiger partial charge is 0.497 e. The molecule has 0 radical (unpaired) electrons. The van der Waals surface area contributed by atoms with Gasteiger partial charge >= 0.3 is 0 Å². The maximum atomic E-state index is 13.1. The number of pyridine rings is 1. The fourth-order valence-corrected chi connectivity index (χ4v) is 6.44. The topological polar surface area (TPSA) is 88.6 Å². The predicted octanol–water partition coefficient (Wildman–Crippen LogP) is 4.85. The van der Waals surface area contributed by atoms with E-state index in [1.807, 2.05) is 19.9 Å². The number of hydrogen-bond donors (Lipinski definition) is 1. The van der Waals surface area contributed by atoms with Crippen molar-refractivity contribution in [2.75, 3.05) is 25.5 Å². The summed E-state index contributed by atoms with van der Waals surface area (Å²) in [6.45, 7) is 4.92. The van der Waals surface area contributed by atoms with Gasteiger partial charge in [0.2, 0.25) is 15.9 Å². The molecule has 1 amide bonds. The lowest BCUT2D eigenvalue weighted by atomic mass is 10.1. The molecule has 1 aliphatic heterocycles. The van der Waals surface area contributed by atoms with Gasteiger partial charge in [0, 0.05) is 24.2 Å². The third-order valence-electron chi connectivity index (χ3n) is 5.94. The van der Waals surface area contributed by atoms with Crippen molar-refractivity contribution in [1.82, 2.24) is 9.29 Å². The lowest BCUT2D eigenvalue weighted by molar-refractivity contribution is -0.115. The number of carbonyl (C=O) groups excluding carboxylic acids is 1. The third-order valence-corrected chi connectivity index (χ3v) is 8.85. The molecule has 1 saturated heterocycles. The third kappa shape index (κ3) is 5.37. The van der Waals surface area contributed by atoms with Crippen LogP contribution in [-0.2, 0) is 14.8 Å². The van der Waals surface area contributed by atoms with E-state index >= 15 is 0 Å². The number of aromatic nitrogens is 1. The molecule has 2 heterocycles. The zero-order valence-electron chi connectivity index (χ0n) is 19.6. The number of benzene rings is 2. The van der Waals surface area contributed by atoms with Gasteiger partial charge in [-0.1, -0.05) is 18.2 Å². The first-order valence-corrected chi connectivity index (χ1v) is 13.6. The highest BCUT2D eigenvalue weighted by Gasteiger charge is 2.26. The second-order valence-electron chi connectivity index (χ2n) is 8.40. The molecule has 1 aromatic heterocycles. The number of aryl methyl sites for hydroxylation is 1. The van der Waals surface area contributed by atoms with E-state index in [1.165, 1.54) is 11.8 Å². The van der Waals surface area contributed by atoms with Crippen LogP contribution in [0.25, 0.3) is 10.9 Å². The summed E-state index contributed by atoms with van der Waals surface area (Å²) in [5.74, 6) is 0.598. The molecule has 34 heavy (non-hydrogen) atoms. The highest BCUT2D eigenvalue weighted by molar-refractivity contribution is 8.00. The van der Waals surface area contributed by atoms with E-state index in [4.69, 9.17) is 4.74 Å². The van der Waals surface area contributed by atoms with E-state index in [2.05, 4.69) is 10.3 Å². The van der Waals surface area contributed by atoms with E-state index < -0.39 is 10.0 Å². The van der Waals surface area contributed by atoms with Crippen molar-refractivity contribution in [3.63, 3.8) is 0 Å². The van der Waals surface area contributed by atoms with E-state index in [0.717, 1.165) is 36.0 Å². The van der Waals surface area contributed by atoms with Crippen LogP contribution >= 0.6 is 11.8 Å². The zero-order chi connectivity index (χ0) is 24.3. The lowest BCUT2D eigenvalue weighted by Gasteiger charge is -2.26. The number of ether oxygens (including phenoxy) is 1. The van der Waals surface area contributed by atoms with Crippen LogP contribution in [0.5, 0.6) is 5.75 Å². The minimum absolute atomic E-state index is 0.127. The molecule has 0 unspecified atom stereocenters. The second-order valence-corrected chi connectivity index (χ2v) is 11.7. The van der Waals surface area contributed by atoms with Gasteiger partial charge in [-0.15, -0.1) is 0 Å². The molecule has 9 heteroatoms. The van der Waals surface area contributed by atoms with Crippen molar-refractivity contribution in [2.24, 2.45) is 0 Å². The second kappa shape index (κ2) is 10.3. The van der Waals surface area contributed by atoms with Crippen LogP contribution in [0.1, 0.15) is 31.7 Å². The number of thioether (sulfide) groups is 1. The van der Waals surface area contributed by atoms with Crippen molar-refractivity contribution in [3.8, 4) is 5.75 Å². The quantitative estimate of drug-likeness (QED) is 0.468. The molecular weight excluding hydrogens is 470 g/mol. The van der Waals surface area contributed by atoms with Gasteiger partial charge < -0.3 is 10.1 Å². The Morgan fingerprint density at radius 1 is 1.09 bits per heavy atom. The van der Waals surface area contributed by atoms with Crippen LogP contribution in [0, 0.1) is 6.92 Å². The molecule has 1 atom stereocenters. The molecule has 0 spiro atoms. The first-order chi connectivity index (χ1) is 16.3. The molecule has 1 aliphatic rings. The van der Waals surface area contributed by atoms with Gasteiger partial charge in [0.1, 0.15) is 5.75 Å². The van der Waals surface area contributed by atoms with Crippen molar-refractivity contribution in [1.29, 1.82) is 0 Å². The Bertz CT molecular complexity index is 1290. The number of anilines is 1. The maximum absolute atomic E-state index is 13.1. The number of carbonyl (C=O) groups is 1. The maximum Gasteiger partial charge on any atom is 0.243 e. The number of piperidine rings is 1. The Balaban J connectivity index is 1.50. The Morgan fingerprint density at radius 3 is 2.47 bits per heavy atom. The van der Waals surface area contributed by atoms with Crippen molar-refractivity contribution in [3.05, 3.63) is 54.1 Å². The molecule has 7 nitrogen and oxygen atoms in total. The average molecular weight is 500 g/mol. The Morgan fingerprint density at radius 2 is 1.79 bits per heavy atom. The Hall–Kier alpha value is -2.62. The van der Waals surface area contributed by atoms with Gasteiger partial charge in [0.25, 0.3) is 0 Å². The summed E-state index contributed by atoms with van der Waals surface area (Å²) in [6, 6.07) is 14.2. The van der Waals surface area contributed by atoms with E-state index in [-0.39, 0.29) is 11.2 Å². The van der Waals surface area contributed by atoms with Crippen LogP contribution in [0.3, 0.4) is 0 Å². The molecule has 3 aromatic rings. The molecule has 4 rings (SSSR count). The monoisotopic (exact) mass is 499 g/mol. The summed E-state index contributed by atoms with van der Waals surface area (Å²) >= 11 is 1.37. The van der Waals surface area contributed by atoms with Crippen LogP contribution < -0.4 is 10.1 Å². The van der Waals surface area contributed by atoms with E-state index in [9.17, 15) is 13.2 Å². The number of nitrogens with one attached hydrogen (secondary N) is 1. The van der Waals surface area contributed by atoms with E-state index in [0.29, 0.717) is 34.2 Å². The molecule has 2 aromatic carbocycles. The Labute approximate surface area is 205 Å². The summed E-state index contributed by atoms with van der Waals surface area (Å²) in [5, 5.41) is 4.06. The predicted molar refractivity (Wildman–Crippen MR) is 136 cm³/mol. The number of fused-ring (bicyclic) bond motifs is 1. The van der Waals surface area contributed by atoms with E-state index in [1.54, 1.807) is 53.9 Å². The van der Waals surface area contributed by atoms with Gasteiger partial charge in [0.05, 0.1) is 27.8 Å². The summed E-state index contributed by atoms with van der Waals surface area (Å²) < 4.78 is 32.9. The van der Waals surface area contributed by atoms with Gasteiger partial charge in [-0.2, -0.15) is 4.31 Å². The highest BCUT2D eigenvalue weighted by Crippen LogP contribution is 2.30. The van der Waals surface area contributed by atoms with Crippen molar-refractivity contribution in [2.45, 2.75) is 48.3 Å². The first-order valence-electron chi connectivity index (χ1n) is 11.3. The number of methoxy groups -OCH3 is 1. The summed E-state index contributed by atoms with van der Waals surface area (Å²) in [4.78, 5) is 17.6. The number of hydrogen-bond acceptors (Lipinski definition) is 6. The van der Waals surface area contributed by atoms with Gasteiger partial charge in [-0.25, -0.2) is 13.4 Å². The smallest absolute Gasteiger partial charge is 0.243 e. The van der Waals surface area contributed by atoms with Crippen LogP contribution in [-0.4, -0.2) is 49.1 Å². The van der Waals surface area contributed by atoms with Crippen molar-refractivity contribution < 1.29 is 17.9 Å². The van der Waals surface area contributed by atoms with Gasteiger partial charge in [-0.05, 0) is 80.8 Å². The SMILES string of the molecule is COc1ccc(NC(=O)[C@@H](C)Sc2cc(C)c3cc(S(=O)(=O)N4CCCCC4)ccc3n2)cc1. The van der Waals surface area contributed by atoms with Crippen LogP contribution in [0.2, 0.25) is 0 Å². The zero-order valence-corrected chi connectivity index (χ0v) is 21.2. The molecule has 0 aliphatic carbocycles. The average Bonchev–Trinajstić information content (AvgIpc) is 2.84. The van der Waals surface area contributed by atoms with Gasteiger partial charge in [-0.3, -0.25) is 4.79 Å². The summed E-state index contributed by atoms with van der Waals surface area (Å²) in [6.07, 6.45) is 2.88.